The number of pyridine rings is 1. The Morgan fingerprint density at radius 2 is 1.97 bits per heavy atom. The summed E-state index contributed by atoms with van der Waals surface area (Å²) in [7, 11) is 1.85. The molecule has 2 N–H and O–H groups in total. The summed E-state index contributed by atoms with van der Waals surface area (Å²) in [5.74, 6) is -0.225. The zero-order valence-corrected chi connectivity index (χ0v) is 17.9. The highest BCUT2D eigenvalue weighted by atomic mass is 19.1. The number of aromatic nitrogens is 1. The van der Waals surface area contributed by atoms with Crippen molar-refractivity contribution >= 4 is 16.7 Å². The number of nitrogens with zero attached hydrogens (tertiary/aromatic N) is 2. The van der Waals surface area contributed by atoms with E-state index in [1.54, 1.807) is 23.2 Å². The third kappa shape index (κ3) is 5.27. The van der Waals surface area contributed by atoms with Crippen LogP contribution in [0.4, 0.5) is 4.39 Å². The van der Waals surface area contributed by atoms with Gasteiger partial charge in [-0.15, -0.1) is 0 Å². The highest BCUT2D eigenvalue weighted by molar-refractivity contribution is 6.04. The second-order valence-corrected chi connectivity index (χ2v) is 8.29. The molecule has 6 heteroatoms. The van der Waals surface area contributed by atoms with Crippen LogP contribution < -0.4 is 10.9 Å². The third-order valence-corrected chi connectivity index (χ3v) is 6.00. The van der Waals surface area contributed by atoms with Crippen LogP contribution in [-0.2, 0) is 0 Å². The largest absolute Gasteiger partial charge is 0.340 e. The van der Waals surface area contributed by atoms with Crippen LogP contribution in [0.5, 0.6) is 0 Å². The van der Waals surface area contributed by atoms with Crippen LogP contribution >= 0.6 is 0 Å². The summed E-state index contributed by atoms with van der Waals surface area (Å²) >= 11 is 0. The monoisotopic (exact) mass is 420 g/mol. The van der Waals surface area contributed by atoms with Gasteiger partial charge in [-0.25, -0.2) is 4.39 Å². The van der Waals surface area contributed by atoms with E-state index >= 15 is 0 Å². The van der Waals surface area contributed by atoms with Crippen LogP contribution in [0.2, 0.25) is 0 Å². The molecule has 31 heavy (non-hydrogen) atoms. The van der Waals surface area contributed by atoms with Gasteiger partial charge in [-0.3, -0.25) is 20.6 Å². The van der Waals surface area contributed by atoms with Gasteiger partial charge in [0.15, 0.2) is 0 Å². The first kappa shape index (κ1) is 21.4. The fourth-order valence-electron chi connectivity index (χ4n) is 4.24. The number of amides is 1. The van der Waals surface area contributed by atoms with E-state index in [9.17, 15) is 9.18 Å². The van der Waals surface area contributed by atoms with Crippen LogP contribution in [0.3, 0.4) is 0 Å². The minimum Gasteiger partial charge on any atom is -0.340 e. The van der Waals surface area contributed by atoms with E-state index in [4.69, 9.17) is 0 Å². The van der Waals surface area contributed by atoms with Crippen LogP contribution in [0.25, 0.3) is 10.8 Å². The summed E-state index contributed by atoms with van der Waals surface area (Å²) in [4.78, 5) is 18.9. The Hall–Kier alpha value is -2.83. The van der Waals surface area contributed by atoms with Gasteiger partial charge < -0.3 is 4.90 Å². The van der Waals surface area contributed by atoms with Crippen molar-refractivity contribution < 1.29 is 9.18 Å². The van der Waals surface area contributed by atoms with Gasteiger partial charge in [-0.2, -0.15) is 0 Å². The lowest BCUT2D eigenvalue weighted by Gasteiger charge is -2.18. The molecular formula is C25H29FN4O. The first-order chi connectivity index (χ1) is 15.1. The van der Waals surface area contributed by atoms with Crippen LogP contribution in [0, 0.1) is 5.82 Å². The third-order valence-electron chi connectivity index (χ3n) is 6.00. The summed E-state index contributed by atoms with van der Waals surface area (Å²) in [5.41, 5.74) is 8.12. The number of carbonyl (C=O) groups is 1. The molecule has 2 aromatic carbocycles. The van der Waals surface area contributed by atoms with E-state index in [0.29, 0.717) is 18.3 Å². The Kier molecular flexibility index (Phi) is 6.89. The number of hydrazine groups is 1. The number of nitrogens with one attached hydrogen (secondary N) is 2. The lowest BCUT2D eigenvalue weighted by molar-refractivity contribution is 0.0789. The number of hydrogen-bond acceptors (Lipinski definition) is 4. The Morgan fingerprint density at radius 3 is 2.84 bits per heavy atom. The first-order valence-corrected chi connectivity index (χ1v) is 11.0. The van der Waals surface area contributed by atoms with E-state index in [1.165, 1.54) is 6.07 Å². The molecule has 1 aromatic heterocycles. The molecule has 4 rings (SSSR count). The van der Waals surface area contributed by atoms with Crippen molar-refractivity contribution in [2.75, 3.05) is 13.6 Å². The van der Waals surface area contributed by atoms with Gasteiger partial charge in [-0.05, 0) is 48.4 Å². The molecule has 1 aliphatic rings. The normalized spacial score (nSPS) is 18.4. The number of benzene rings is 2. The van der Waals surface area contributed by atoms with E-state index in [2.05, 4.69) is 15.8 Å². The molecule has 0 aliphatic carbocycles. The molecule has 5 nitrogen and oxygen atoms in total. The standard InChI is InChI=1S/C25H29FN4O/c1-30(25(31)24-22-12-5-4-8-18(22)13-14-27-24)15-6-2-3-11-21-17-23(29-28-21)19-9-7-10-20(26)16-19/h4-5,7-10,12-14,16,21,23,28-29H,2-3,6,11,15,17H2,1H3. The molecule has 0 radical (unpaired) electrons. The highest BCUT2D eigenvalue weighted by Crippen LogP contribution is 2.25. The van der Waals surface area contributed by atoms with Crippen molar-refractivity contribution in [2.24, 2.45) is 0 Å². The quantitative estimate of drug-likeness (QED) is 0.523. The number of carbonyl (C=O) groups excluding carboxylic acids is 1. The zero-order chi connectivity index (χ0) is 21.6. The molecule has 3 aromatic rings. The maximum absolute atomic E-state index is 13.4. The number of hydrogen-bond donors (Lipinski definition) is 2. The zero-order valence-electron chi connectivity index (χ0n) is 17.9. The molecule has 0 saturated carbocycles. The Balaban J connectivity index is 1.19. The Morgan fingerprint density at radius 1 is 1.10 bits per heavy atom. The van der Waals surface area contributed by atoms with E-state index in [0.717, 1.165) is 48.4 Å². The van der Waals surface area contributed by atoms with Gasteiger partial charge in [0, 0.05) is 37.3 Å². The van der Waals surface area contributed by atoms with Gasteiger partial charge in [0.2, 0.25) is 0 Å². The van der Waals surface area contributed by atoms with Crippen LogP contribution in [-0.4, -0.2) is 35.4 Å². The average molecular weight is 421 g/mol. The Labute approximate surface area is 182 Å². The smallest absolute Gasteiger partial charge is 0.272 e. The molecule has 2 atom stereocenters. The maximum Gasteiger partial charge on any atom is 0.272 e. The second-order valence-electron chi connectivity index (χ2n) is 8.29. The number of halogens is 1. The highest BCUT2D eigenvalue weighted by Gasteiger charge is 2.24. The lowest BCUT2D eigenvalue weighted by atomic mass is 9.99. The maximum atomic E-state index is 13.4. The molecule has 162 valence electrons. The molecule has 1 fully saturated rings. The molecule has 1 aliphatic heterocycles. The molecule has 0 bridgehead atoms. The van der Waals surface area contributed by atoms with Crippen molar-refractivity contribution in [3.8, 4) is 0 Å². The van der Waals surface area contributed by atoms with Crippen LogP contribution in [0.1, 0.15) is 54.2 Å². The molecule has 2 unspecified atom stereocenters. The van der Waals surface area contributed by atoms with Gasteiger partial charge >= 0.3 is 0 Å². The molecule has 1 saturated heterocycles. The lowest BCUT2D eigenvalue weighted by Crippen LogP contribution is -2.31. The van der Waals surface area contributed by atoms with Gasteiger partial charge in [0.1, 0.15) is 11.5 Å². The topological polar surface area (TPSA) is 57.3 Å². The van der Waals surface area contributed by atoms with Crippen molar-refractivity contribution in [2.45, 2.75) is 44.2 Å². The molecule has 0 spiro atoms. The Bertz CT molecular complexity index is 1040. The number of unbranched alkanes of at least 4 members (excludes halogenated alkanes) is 2. The van der Waals surface area contributed by atoms with Crippen molar-refractivity contribution in [3.05, 3.63) is 77.9 Å². The van der Waals surface area contributed by atoms with Gasteiger partial charge in [0.25, 0.3) is 5.91 Å². The summed E-state index contributed by atoms with van der Waals surface area (Å²) in [6.45, 7) is 0.714. The summed E-state index contributed by atoms with van der Waals surface area (Å²) in [6, 6.07) is 17.1. The molecule has 1 amide bonds. The fourth-order valence-corrected chi connectivity index (χ4v) is 4.24. The minimum atomic E-state index is -0.194. The number of rotatable bonds is 8. The molecular weight excluding hydrogens is 391 g/mol. The van der Waals surface area contributed by atoms with E-state index < -0.39 is 0 Å². The van der Waals surface area contributed by atoms with Gasteiger partial charge in [0.05, 0.1) is 0 Å². The predicted molar refractivity (Wildman–Crippen MR) is 121 cm³/mol. The van der Waals surface area contributed by atoms with Crippen molar-refractivity contribution in [3.63, 3.8) is 0 Å². The van der Waals surface area contributed by atoms with Crippen molar-refractivity contribution in [1.82, 2.24) is 20.7 Å². The summed E-state index contributed by atoms with van der Waals surface area (Å²) in [5, 5.41) is 1.93. The SMILES string of the molecule is CN(CCCCCC1CC(c2cccc(F)c2)NN1)C(=O)c1nccc2ccccc12. The first-order valence-electron chi connectivity index (χ1n) is 11.0. The van der Waals surface area contributed by atoms with Crippen LogP contribution in [0.15, 0.2) is 60.8 Å². The van der Waals surface area contributed by atoms with E-state index in [-0.39, 0.29) is 17.8 Å². The summed E-state index contributed by atoms with van der Waals surface area (Å²) < 4.78 is 13.4. The van der Waals surface area contributed by atoms with Gasteiger partial charge in [-0.1, -0.05) is 49.2 Å². The number of fused-ring (bicyclic) bond motifs is 1. The minimum absolute atomic E-state index is 0.0311. The van der Waals surface area contributed by atoms with Crippen molar-refractivity contribution in [1.29, 1.82) is 0 Å². The van der Waals surface area contributed by atoms with E-state index in [1.807, 2.05) is 43.4 Å². The molecule has 2 heterocycles. The average Bonchev–Trinajstić information content (AvgIpc) is 3.27. The fraction of sp³-hybridized carbons (Fsp3) is 0.360. The predicted octanol–water partition coefficient (Wildman–Crippen LogP) is 4.61. The summed E-state index contributed by atoms with van der Waals surface area (Å²) in [6.07, 6.45) is 6.81. The second kappa shape index (κ2) is 9.98.